The number of anilines is 2. The molecule has 1 aromatic heterocycles. The predicted octanol–water partition coefficient (Wildman–Crippen LogP) is 5.57. The molecule has 0 saturated carbocycles. The molecule has 1 fully saturated rings. The summed E-state index contributed by atoms with van der Waals surface area (Å²) in [6, 6.07) is 12.4. The van der Waals surface area contributed by atoms with E-state index in [9.17, 15) is 30.8 Å². The van der Waals surface area contributed by atoms with Crippen molar-refractivity contribution in [3.8, 4) is 11.1 Å². The van der Waals surface area contributed by atoms with Gasteiger partial charge in [0.05, 0.1) is 29.1 Å². The molecule has 4 rings (SSSR count). The lowest BCUT2D eigenvalue weighted by molar-refractivity contribution is -0.137. The van der Waals surface area contributed by atoms with E-state index in [-0.39, 0.29) is 11.1 Å². The predicted molar refractivity (Wildman–Crippen MR) is 156 cm³/mol. The topological polar surface area (TPSA) is 73.8 Å². The second kappa shape index (κ2) is 11.6. The summed E-state index contributed by atoms with van der Waals surface area (Å²) in [7, 11) is -1.77. The molecule has 7 nitrogen and oxygen atoms in total. The molecular formula is C30H34F4N4O3S. The molecule has 2 aromatic carbocycles. The Bertz CT molecular complexity index is 1580. The Morgan fingerprint density at radius 3 is 2.17 bits per heavy atom. The third-order valence-corrected chi connectivity index (χ3v) is 9.04. The smallest absolute Gasteiger partial charge is 0.354 e. The summed E-state index contributed by atoms with van der Waals surface area (Å²) >= 11 is 0. The molecule has 0 atom stereocenters. The lowest BCUT2D eigenvalue weighted by atomic mass is 9.81. The Morgan fingerprint density at radius 1 is 0.976 bits per heavy atom. The number of hydrogen-bond acceptors (Lipinski definition) is 5. The molecule has 1 saturated heterocycles. The summed E-state index contributed by atoms with van der Waals surface area (Å²) in [5.74, 6) is 0.105. The van der Waals surface area contributed by atoms with E-state index < -0.39 is 39.8 Å². The summed E-state index contributed by atoms with van der Waals surface area (Å²) < 4.78 is 79.6. The van der Waals surface area contributed by atoms with Crippen LogP contribution in [-0.2, 0) is 33.1 Å². The first-order valence-electron chi connectivity index (χ1n) is 13.4. The van der Waals surface area contributed by atoms with Gasteiger partial charge in [-0.05, 0) is 61.2 Å². The average molecular weight is 607 g/mol. The molecule has 0 radical (unpaired) electrons. The van der Waals surface area contributed by atoms with Gasteiger partial charge in [-0.1, -0.05) is 30.3 Å². The summed E-state index contributed by atoms with van der Waals surface area (Å²) in [6.45, 7) is 5.34. The highest BCUT2D eigenvalue weighted by molar-refractivity contribution is 7.88. The van der Waals surface area contributed by atoms with Crippen LogP contribution < -0.4 is 9.80 Å². The monoisotopic (exact) mass is 606 g/mol. The number of benzene rings is 2. The Labute approximate surface area is 243 Å². The van der Waals surface area contributed by atoms with E-state index in [2.05, 4.69) is 4.98 Å². The first-order valence-corrected chi connectivity index (χ1v) is 15.2. The SMILES string of the molecule is Cc1ccccc1-c1cc(N2CCN(S(C)(=O)=O)CC2)ncc1N(C)C(=O)C(C)(C)c1cc(CF)cc(C(F)(F)F)c1. The van der Waals surface area contributed by atoms with Crippen LogP contribution in [0.4, 0.5) is 29.1 Å². The number of sulfonamides is 1. The number of amides is 1. The van der Waals surface area contributed by atoms with Gasteiger partial charge >= 0.3 is 6.18 Å². The number of piperazine rings is 1. The van der Waals surface area contributed by atoms with Crippen molar-refractivity contribution in [2.75, 3.05) is 49.3 Å². The fraction of sp³-hybridized carbons (Fsp3) is 0.400. The van der Waals surface area contributed by atoms with Gasteiger partial charge in [0.15, 0.2) is 0 Å². The number of nitrogens with zero attached hydrogens (tertiary/aromatic N) is 4. The van der Waals surface area contributed by atoms with Gasteiger partial charge in [-0.25, -0.2) is 17.8 Å². The summed E-state index contributed by atoms with van der Waals surface area (Å²) in [5, 5.41) is 0. The van der Waals surface area contributed by atoms with Crippen LogP contribution in [-0.4, -0.2) is 63.1 Å². The third-order valence-electron chi connectivity index (χ3n) is 7.73. The van der Waals surface area contributed by atoms with Crippen molar-refractivity contribution >= 4 is 27.4 Å². The van der Waals surface area contributed by atoms with E-state index in [4.69, 9.17) is 0 Å². The van der Waals surface area contributed by atoms with Crippen LogP contribution in [0.3, 0.4) is 0 Å². The van der Waals surface area contributed by atoms with Crippen LogP contribution in [0.25, 0.3) is 11.1 Å². The number of aromatic nitrogens is 1. The molecule has 1 amide bonds. The molecule has 0 spiro atoms. The highest BCUT2D eigenvalue weighted by Gasteiger charge is 2.38. The molecule has 2 heterocycles. The van der Waals surface area contributed by atoms with E-state index >= 15 is 0 Å². The van der Waals surface area contributed by atoms with Crippen molar-refractivity contribution in [2.45, 2.75) is 39.0 Å². The van der Waals surface area contributed by atoms with E-state index in [0.29, 0.717) is 43.2 Å². The van der Waals surface area contributed by atoms with E-state index in [1.54, 1.807) is 6.20 Å². The highest BCUT2D eigenvalue weighted by Crippen LogP contribution is 2.39. The van der Waals surface area contributed by atoms with Gasteiger partial charge in [-0.2, -0.15) is 17.5 Å². The number of rotatable bonds is 7. The first kappa shape index (κ1) is 31.4. The minimum Gasteiger partial charge on any atom is -0.354 e. The van der Waals surface area contributed by atoms with Crippen LogP contribution in [0.15, 0.2) is 54.7 Å². The zero-order chi connectivity index (χ0) is 31.0. The van der Waals surface area contributed by atoms with Gasteiger partial charge in [-0.15, -0.1) is 0 Å². The van der Waals surface area contributed by atoms with Crippen LogP contribution in [0.5, 0.6) is 0 Å². The summed E-state index contributed by atoms with van der Waals surface area (Å²) in [5.41, 5.74) is 0.328. The van der Waals surface area contributed by atoms with Crippen molar-refractivity contribution in [1.82, 2.24) is 9.29 Å². The molecule has 42 heavy (non-hydrogen) atoms. The number of alkyl halides is 4. The number of pyridine rings is 1. The van der Waals surface area contributed by atoms with Gasteiger partial charge in [0.25, 0.3) is 0 Å². The fourth-order valence-corrected chi connectivity index (χ4v) is 5.99. The number of halogens is 4. The molecule has 1 aliphatic rings. The summed E-state index contributed by atoms with van der Waals surface area (Å²) in [4.78, 5) is 21.9. The van der Waals surface area contributed by atoms with Crippen LogP contribution in [0, 0.1) is 6.92 Å². The standard InChI is InChI=1S/C30H34F4N4O3S/c1-20-8-6-7-9-24(20)25-17-27(37-10-12-38(13-11-37)42(5,40)41)35-19-26(25)36(4)28(39)29(2,3)22-14-21(18-31)15-23(16-22)30(32,33)34/h6-9,14-17,19H,10-13,18H2,1-5H3. The molecule has 1 aliphatic heterocycles. The largest absolute Gasteiger partial charge is 0.416 e. The zero-order valence-corrected chi connectivity index (χ0v) is 25.0. The summed E-state index contributed by atoms with van der Waals surface area (Å²) in [6.07, 6.45) is -1.97. The number of carbonyl (C=O) groups is 1. The Kier molecular flexibility index (Phi) is 8.71. The number of hydrogen-bond donors (Lipinski definition) is 0. The van der Waals surface area contributed by atoms with Crippen molar-refractivity contribution in [3.05, 3.63) is 77.0 Å². The maximum Gasteiger partial charge on any atom is 0.416 e. The maximum atomic E-state index is 14.0. The van der Waals surface area contributed by atoms with Gasteiger partial charge in [0.2, 0.25) is 15.9 Å². The second-order valence-electron chi connectivity index (χ2n) is 11.1. The minimum atomic E-state index is -4.70. The molecular weight excluding hydrogens is 572 g/mol. The average Bonchev–Trinajstić information content (AvgIpc) is 2.95. The molecule has 226 valence electrons. The first-order chi connectivity index (χ1) is 19.5. The number of aryl methyl sites for hydroxylation is 1. The molecule has 12 heteroatoms. The highest BCUT2D eigenvalue weighted by atomic mass is 32.2. The van der Waals surface area contributed by atoms with Crippen molar-refractivity contribution in [2.24, 2.45) is 0 Å². The molecule has 0 aliphatic carbocycles. The van der Waals surface area contributed by atoms with Crippen LogP contribution in [0.1, 0.15) is 36.1 Å². The minimum absolute atomic E-state index is 0.0487. The fourth-order valence-electron chi connectivity index (χ4n) is 5.16. The molecule has 0 N–H and O–H groups in total. The normalized spacial score (nSPS) is 15.1. The Morgan fingerprint density at radius 2 is 1.60 bits per heavy atom. The zero-order valence-electron chi connectivity index (χ0n) is 24.2. The van der Waals surface area contributed by atoms with Gasteiger partial charge < -0.3 is 9.80 Å². The van der Waals surface area contributed by atoms with Crippen molar-refractivity contribution in [1.29, 1.82) is 0 Å². The second-order valence-corrected chi connectivity index (χ2v) is 13.0. The Balaban J connectivity index is 1.74. The molecule has 0 unspecified atom stereocenters. The van der Waals surface area contributed by atoms with Gasteiger partial charge in [0.1, 0.15) is 12.5 Å². The molecule has 3 aromatic rings. The number of likely N-dealkylation sites (N-methyl/N-ethyl adjacent to an activating group) is 1. The van der Waals surface area contributed by atoms with Crippen molar-refractivity contribution in [3.63, 3.8) is 0 Å². The van der Waals surface area contributed by atoms with E-state index in [0.717, 1.165) is 23.3 Å². The van der Waals surface area contributed by atoms with Crippen LogP contribution in [0.2, 0.25) is 0 Å². The quantitative estimate of drug-likeness (QED) is 0.329. The molecule has 0 bridgehead atoms. The van der Waals surface area contributed by atoms with Gasteiger partial charge in [0, 0.05) is 38.8 Å². The maximum absolute atomic E-state index is 14.0. The third kappa shape index (κ3) is 6.44. The lowest BCUT2D eigenvalue weighted by Gasteiger charge is -2.35. The van der Waals surface area contributed by atoms with E-state index in [1.807, 2.05) is 42.2 Å². The number of carbonyl (C=O) groups excluding carboxylic acids is 1. The van der Waals surface area contributed by atoms with Gasteiger partial charge in [-0.3, -0.25) is 4.79 Å². The van der Waals surface area contributed by atoms with Crippen molar-refractivity contribution < 1.29 is 30.8 Å². The van der Waals surface area contributed by atoms with Crippen LogP contribution >= 0.6 is 0 Å². The lowest BCUT2D eigenvalue weighted by Crippen LogP contribution is -2.48. The Hall–Kier alpha value is -3.51. The van der Waals surface area contributed by atoms with E-state index in [1.165, 1.54) is 42.4 Å².